The monoisotopic (exact) mass is 287 g/mol. The maximum Gasteiger partial charge on any atom is 0.0992 e. The zero-order valence-electron chi connectivity index (χ0n) is 13.2. The quantitative estimate of drug-likeness (QED) is 0.924. The Bertz CT molecular complexity index is 513. The Kier molecular flexibility index (Phi) is 5.22. The van der Waals surface area contributed by atoms with Crippen molar-refractivity contribution in [1.29, 1.82) is 5.26 Å². The highest BCUT2D eigenvalue weighted by atomic mass is 16.3. The van der Waals surface area contributed by atoms with Gasteiger partial charge in [-0.3, -0.25) is 0 Å². The average Bonchev–Trinajstić information content (AvgIpc) is 2.53. The normalized spacial score (nSPS) is 18.2. The maximum absolute atomic E-state index is 9.98. The van der Waals surface area contributed by atoms with Gasteiger partial charge in [0.25, 0.3) is 0 Å². The van der Waals surface area contributed by atoms with Gasteiger partial charge in [-0.1, -0.05) is 13.0 Å². The molecule has 1 aromatic rings. The lowest BCUT2D eigenvalue weighted by Gasteiger charge is -2.38. The van der Waals surface area contributed by atoms with Crippen LogP contribution >= 0.6 is 0 Å². The number of aliphatic hydroxyl groups is 1. The van der Waals surface area contributed by atoms with E-state index in [1.807, 2.05) is 12.1 Å². The van der Waals surface area contributed by atoms with E-state index in [9.17, 15) is 5.11 Å². The molecule has 0 aliphatic carbocycles. The first-order valence-electron chi connectivity index (χ1n) is 7.74. The Morgan fingerprint density at radius 2 is 2.10 bits per heavy atom. The largest absolute Gasteiger partial charge is 0.389 e. The molecule has 0 spiro atoms. The van der Waals surface area contributed by atoms with Gasteiger partial charge in [0.05, 0.1) is 17.7 Å². The molecule has 2 rings (SSSR count). The first-order valence-corrected chi connectivity index (χ1v) is 7.74. The summed E-state index contributed by atoms with van der Waals surface area (Å²) in [7, 11) is 2.08. The third-order valence-electron chi connectivity index (χ3n) is 4.54. The molecule has 1 aromatic carbocycles. The van der Waals surface area contributed by atoms with Crippen molar-refractivity contribution in [3.05, 3.63) is 29.3 Å². The smallest absolute Gasteiger partial charge is 0.0992 e. The van der Waals surface area contributed by atoms with Gasteiger partial charge in [0.1, 0.15) is 0 Å². The summed E-state index contributed by atoms with van der Waals surface area (Å²) in [5, 5.41) is 19.1. The fraction of sp³-hybridized carbons (Fsp3) is 0.588. The Balaban J connectivity index is 2.22. The van der Waals surface area contributed by atoms with Crippen LogP contribution in [0.5, 0.6) is 0 Å². The Morgan fingerprint density at radius 3 is 2.62 bits per heavy atom. The van der Waals surface area contributed by atoms with Gasteiger partial charge >= 0.3 is 0 Å². The van der Waals surface area contributed by atoms with Crippen LogP contribution in [0.15, 0.2) is 18.2 Å². The molecule has 0 saturated carbocycles. The van der Waals surface area contributed by atoms with E-state index in [4.69, 9.17) is 5.26 Å². The summed E-state index contributed by atoms with van der Waals surface area (Å²) < 4.78 is 0. The molecule has 4 nitrogen and oxygen atoms in total. The molecule has 0 aromatic heterocycles. The molecular formula is C17H25N3O. The van der Waals surface area contributed by atoms with Crippen molar-refractivity contribution < 1.29 is 5.11 Å². The number of nitriles is 1. The van der Waals surface area contributed by atoms with Crippen molar-refractivity contribution in [3.63, 3.8) is 0 Å². The number of benzene rings is 1. The highest BCUT2D eigenvalue weighted by molar-refractivity contribution is 5.58. The zero-order valence-corrected chi connectivity index (χ0v) is 13.2. The Labute approximate surface area is 127 Å². The summed E-state index contributed by atoms with van der Waals surface area (Å²) in [6.45, 7) is 7.32. The predicted octanol–water partition coefficient (Wildman–Crippen LogP) is 2.53. The number of rotatable bonds is 4. The van der Waals surface area contributed by atoms with Crippen molar-refractivity contribution in [2.45, 2.75) is 38.8 Å². The highest BCUT2D eigenvalue weighted by Gasteiger charge is 2.24. The molecule has 4 heteroatoms. The number of hydrogen-bond donors (Lipinski definition) is 1. The summed E-state index contributed by atoms with van der Waals surface area (Å²) >= 11 is 0. The van der Waals surface area contributed by atoms with Gasteiger partial charge in [-0.2, -0.15) is 5.26 Å². The summed E-state index contributed by atoms with van der Waals surface area (Å²) in [5.41, 5.74) is 2.53. The lowest BCUT2D eigenvalue weighted by atomic mass is 9.99. The third kappa shape index (κ3) is 3.55. The van der Waals surface area contributed by atoms with E-state index in [0.29, 0.717) is 11.6 Å². The Morgan fingerprint density at radius 1 is 1.43 bits per heavy atom. The molecule has 1 fully saturated rings. The lowest BCUT2D eigenvalue weighted by Crippen LogP contribution is -2.43. The number of piperidine rings is 1. The van der Waals surface area contributed by atoms with E-state index in [-0.39, 0.29) is 0 Å². The summed E-state index contributed by atoms with van der Waals surface area (Å²) in [6, 6.07) is 8.21. The molecule has 1 aliphatic rings. The maximum atomic E-state index is 9.98. The molecular weight excluding hydrogens is 262 g/mol. The van der Waals surface area contributed by atoms with Gasteiger partial charge in [0, 0.05) is 37.4 Å². The lowest BCUT2D eigenvalue weighted by molar-refractivity contribution is 0.198. The van der Waals surface area contributed by atoms with Crippen LogP contribution in [-0.2, 0) is 0 Å². The molecule has 0 amide bonds. The number of likely N-dealkylation sites (tertiary alicyclic amines) is 1. The Hall–Kier alpha value is -1.57. The minimum Gasteiger partial charge on any atom is -0.389 e. The average molecular weight is 287 g/mol. The van der Waals surface area contributed by atoms with Crippen LogP contribution in [0.3, 0.4) is 0 Å². The molecule has 1 saturated heterocycles. The van der Waals surface area contributed by atoms with Crippen molar-refractivity contribution in [3.8, 4) is 6.07 Å². The predicted molar refractivity (Wildman–Crippen MR) is 85.3 cm³/mol. The minimum absolute atomic E-state index is 0.472. The van der Waals surface area contributed by atoms with E-state index in [0.717, 1.165) is 43.7 Å². The SMILES string of the molecule is CCN1CCC(N(C)c2cc(C#N)ccc2C(C)O)CC1. The number of anilines is 1. The molecule has 21 heavy (non-hydrogen) atoms. The van der Waals surface area contributed by atoms with Crippen LogP contribution in [-0.4, -0.2) is 42.7 Å². The fourth-order valence-electron chi connectivity index (χ4n) is 3.09. The van der Waals surface area contributed by atoms with Crippen molar-refractivity contribution in [2.24, 2.45) is 0 Å². The van der Waals surface area contributed by atoms with Crippen molar-refractivity contribution >= 4 is 5.69 Å². The zero-order chi connectivity index (χ0) is 15.4. The molecule has 114 valence electrons. The molecule has 1 N–H and O–H groups in total. The minimum atomic E-state index is -0.522. The molecule has 1 aliphatic heterocycles. The first-order chi connectivity index (χ1) is 10.1. The fourth-order valence-corrected chi connectivity index (χ4v) is 3.09. The number of aliphatic hydroxyl groups excluding tert-OH is 1. The van der Waals surface area contributed by atoms with Gasteiger partial charge in [-0.15, -0.1) is 0 Å². The molecule has 1 heterocycles. The number of hydrogen-bond acceptors (Lipinski definition) is 4. The van der Waals surface area contributed by atoms with E-state index < -0.39 is 6.10 Å². The standard InChI is InChI=1S/C17H25N3O/c1-4-20-9-7-15(8-10-20)19(3)17-11-14(12-18)5-6-16(17)13(2)21/h5-6,11,13,15,21H,4,7-10H2,1-3H3. The van der Waals surface area contributed by atoms with Crippen LogP contribution in [0.25, 0.3) is 0 Å². The second-order valence-electron chi connectivity index (χ2n) is 5.84. The molecule has 1 atom stereocenters. The van der Waals surface area contributed by atoms with Crippen LogP contribution in [0.4, 0.5) is 5.69 Å². The van der Waals surface area contributed by atoms with Gasteiger partial charge in [0.2, 0.25) is 0 Å². The summed E-state index contributed by atoms with van der Waals surface area (Å²) in [5.74, 6) is 0. The van der Waals surface area contributed by atoms with Gasteiger partial charge in [0.15, 0.2) is 0 Å². The van der Waals surface area contributed by atoms with Crippen LogP contribution in [0.2, 0.25) is 0 Å². The van der Waals surface area contributed by atoms with Crippen LogP contribution in [0, 0.1) is 11.3 Å². The highest BCUT2D eigenvalue weighted by Crippen LogP contribution is 2.30. The van der Waals surface area contributed by atoms with Crippen molar-refractivity contribution in [2.75, 3.05) is 31.6 Å². The van der Waals surface area contributed by atoms with Crippen molar-refractivity contribution in [1.82, 2.24) is 4.90 Å². The molecule has 0 bridgehead atoms. The van der Waals surface area contributed by atoms with Gasteiger partial charge < -0.3 is 14.9 Å². The van der Waals surface area contributed by atoms with Gasteiger partial charge in [-0.05, 0) is 38.4 Å². The van der Waals surface area contributed by atoms with E-state index in [1.165, 1.54) is 0 Å². The first kappa shape index (κ1) is 15.8. The van der Waals surface area contributed by atoms with E-state index >= 15 is 0 Å². The van der Waals surface area contributed by atoms with E-state index in [2.05, 4.69) is 29.8 Å². The van der Waals surface area contributed by atoms with E-state index in [1.54, 1.807) is 13.0 Å². The summed E-state index contributed by atoms with van der Waals surface area (Å²) in [6.07, 6.45) is 1.73. The van der Waals surface area contributed by atoms with Crippen LogP contribution in [0.1, 0.15) is 43.9 Å². The molecule has 0 radical (unpaired) electrons. The molecule has 1 unspecified atom stereocenters. The van der Waals surface area contributed by atoms with Gasteiger partial charge in [-0.25, -0.2) is 0 Å². The number of nitrogens with zero attached hydrogens (tertiary/aromatic N) is 3. The summed E-state index contributed by atoms with van der Waals surface area (Å²) in [4.78, 5) is 4.71. The second-order valence-corrected chi connectivity index (χ2v) is 5.84. The third-order valence-corrected chi connectivity index (χ3v) is 4.54. The van der Waals surface area contributed by atoms with Crippen LogP contribution < -0.4 is 4.90 Å². The second kappa shape index (κ2) is 6.93. The topological polar surface area (TPSA) is 50.5 Å².